The summed E-state index contributed by atoms with van der Waals surface area (Å²) >= 11 is 0. The summed E-state index contributed by atoms with van der Waals surface area (Å²) in [5, 5.41) is 15.8. The molecule has 5 heteroatoms. The average molecular weight is 456 g/mol. The van der Waals surface area contributed by atoms with Gasteiger partial charge in [-0.05, 0) is 56.2 Å². The van der Waals surface area contributed by atoms with Gasteiger partial charge in [0.15, 0.2) is 0 Å². The van der Waals surface area contributed by atoms with Crippen LogP contribution in [0.4, 0.5) is 0 Å². The number of aliphatic hydroxyl groups excluding tert-OH is 1. The summed E-state index contributed by atoms with van der Waals surface area (Å²) in [6.07, 6.45) is 3.35. The number of β-amino-alcohol motifs (C(OH)–C–C–N with tert-alkyl or cyclic N) is 1. The Morgan fingerprint density at radius 3 is 2.41 bits per heavy atom. The van der Waals surface area contributed by atoms with Crippen molar-refractivity contribution in [1.29, 1.82) is 0 Å². The maximum Gasteiger partial charge on any atom is 0.143 e. The van der Waals surface area contributed by atoms with Gasteiger partial charge in [-0.2, -0.15) is 0 Å². The van der Waals surface area contributed by atoms with Crippen molar-refractivity contribution in [3.63, 3.8) is 0 Å². The van der Waals surface area contributed by atoms with E-state index >= 15 is 0 Å². The van der Waals surface area contributed by atoms with Gasteiger partial charge in [-0.3, -0.25) is 0 Å². The molecule has 4 N–H and O–H groups in total. The molecule has 0 aliphatic heterocycles. The van der Waals surface area contributed by atoms with E-state index in [1.54, 1.807) is 0 Å². The SMILES string of the molecule is CC(C)(C)NCC(O)c1cccc2[nH]ccc12.c1ccc(COc2cccc3cc[nH]c23)cc1. The lowest BCUT2D eigenvalue weighted by molar-refractivity contribution is 0.164. The van der Waals surface area contributed by atoms with Crippen LogP contribution in [0.5, 0.6) is 5.75 Å². The number of aromatic nitrogens is 2. The third-order valence-electron chi connectivity index (χ3n) is 5.60. The Morgan fingerprint density at radius 1 is 0.853 bits per heavy atom. The molecule has 2 aromatic heterocycles. The van der Waals surface area contributed by atoms with Crippen LogP contribution in [-0.4, -0.2) is 27.2 Å². The molecule has 176 valence electrons. The van der Waals surface area contributed by atoms with Gasteiger partial charge in [0.25, 0.3) is 0 Å². The summed E-state index contributed by atoms with van der Waals surface area (Å²) in [7, 11) is 0. The fourth-order valence-corrected chi connectivity index (χ4v) is 3.82. The van der Waals surface area contributed by atoms with Gasteiger partial charge < -0.3 is 25.1 Å². The Hall–Kier alpha value is -3.54. The topological polar surface area (TPSA) is 73.1 Å². The monoisotopic (exact) mass is 455 g/mol. The molecule has 0 amide bonds. The summed E-state index contributed by atoms with van der Waals surface area (Å²) < 4.78 is 5.83. The molecule has 5 aromatic rings. The van der Waals surface area contributed by atoms with Crippen molar-refractivity contribution in [2.24, 2.45) is 0 Å². The minimum atomic E-state index is -0.478. The number of hydrogen-bond acceptors (Lipinski definition) is 3. The molecule has 5 nitrogen and oxygen atoms in total. The molecule has 5 rings (SSSR count). The van der Waals surface area contributed by atoms with Gasteiger partial charge in [-0.15, -0.1) is 0 Å². The van der Waals surface area contributed by atoms with Crippen molar-refractivity contribution in [3.05, 3.63) is 102 Å². The largest absolute Gasteiger partial charge is 0.487 e. The van der Waals surface area contributed by atoms with Crippen molar-refractivity contribution in [1.82, 2.24) is 15.3 Å². The summed E-state index contributed by atoms with van der Waals surface area (Å²) in [6, 6.07) is 26.3. The van der Waals surface area contributed by atoms with Crippen molar-refractivity contribution in [3.8, 4) is 5.75 Å². The molecule has 0 radical (unpaired) electrons. The van der Waals surface area contributed by atoms with E-state index < -0.39 is 6.10 Å². The van der Waals surface area contributed by atoms with Gasteiger partial charge in [0.1, 0.15) is 12.4 Å². The number of aliphatic hydroxyl groups is 1. The van der Waals surface area contributed by atoms with Crippen LogP contribution >= 0.6 is 0 Å². The molecular weight excluding hydrogens is 422 g/mol. The lowest BCUT2D eigenvalue weighted by atomic mass is 10.0. The van der Waals surface area contributed by atoms with Crippen LogP contribution in [0.15, 0.2) is 91.3 Å². The number of H-pyrrole nitrogens is 2. The van der Waals surface area contributed by atoms with Gasteiger partial charge in [-0.25, -0.2) is 0 Å². The highest BCUT2D eigenvalue weighted by atomic mass is 16.5. The maximum absolute atomic E-state index is 10.2. The summed E-state index contributed by atoms with van der Waals surface area (Å²) in [5.41, 5.74) is 4.30. The first-order chi connectivity index (χ1) is 16.4. The zero-order valence-electron chi connectivity index (χ0n) is 20.0. The molecule has 0 spiro atoms. The molecule has 0 aliphatic carbocycles. The third kappa shape index (κ3) is 6.07. The number of benzene rings is 3. The predicted molar refractivity (Wildman–Crippen MR) is 140 cm³/mol. The smallest absolute Gasteiger partial charge is 0.143 e. The molecule has 0 fully saturated rings. The summed E-state index contributed by atoms with van der Waals surface area (Å²) in [4.78, 5) is 6.36. The minimum absolute atomic E-state index is 0.0209. The highest BCUT2D eigenvalue weighted by Crippen LogP contribution is 2.25. The molecule has 34 heavy (non-hydrogen) atoms. The third-order valence-corrected chi connectivity index (χ3v) is 5.60. The van der Waals surface area contributed by atoms with Crippen molar-refractivity contribution in [2.45, 2.75) is 39.0 Å². The first-order valence-corrected chi connectivity index (χ1v) is 11.6. The van der Waals surface area contributed by atoms with Crippen molar-refractivity contribution in [2.75, 3.05) is 6.54 Å². The summed E-state index contributed by atoms with van der Waals surface area (Å²) in [5.74, 6) is 0.899. The van der Waals surface area contributed by atoms with E-state index in [-0.39, 0.29) is 5.54 Å². The van der Waals surface area contributed by atoms with E-state index in [0.717, 1.165) is 27.7 Å². The quantitative estimate of drug-likeness (QED) is 0.241. The normalized spacial score (nSPS) is 12.4. The maximum atomic E-state index is 10.2. The first kappa shape index (κ1) is 23.6. The molecule has 0 saturated carbocycles. The Morgan fingerprint density at radius 2 is 1.62 bits per heavy atom. The number of ether oxygens (including phenoxy) is 1. The van der Waals surface area contributed by atoms with Gasteiger partial charge in [0.2, 0.25) is 0 Å². The number of para-hydroxylation sites is 1. The van der Waals surface area contributed by atoms with E-state index in [0.29, 0.717) is 13.2 Å². The average Bonchev–Trinajstić information content (AvgIpc) is 3.51. The Kier molecular flexibility index (Phi) is 7.36. The van der Waals surface area contributed by atoms with Crippen LogP contribution < -0.4 is 10.1 Å². The second-order valence-electron chi connectivity index (χ2n) is 9.41. The van der Waals surface area contributed by atoms with E-state index in [2.05, 4.69) is 54.3 Å². The van der Waals surface area contributed by atoms with E-state index in [9.17, 15) is 5.11 Å². The van der Waals surface area contributed by atoms with Crippen LogP contribution in [0.3, 0.4) is 0 Å². The Labute approximate surface area is 200 Å². The van der Waals surface area contributed by atoms with Gasteiger partial charge in [-0.1, -0.05) is 54.6 Å². The highest BCUT2D eigenvalue weighted by molar-refractivity contribution is 5.85. The van der Waals surface area contributed by atoms with Crippen LogP contribution in [0.25, 0.3) is 21.8 Å². The lowest BCUT2D eigenvalue weighted by Gasteiger charge is -2.23. The number of hydrogen-bond donors (Lipinski definition) is 4. The van der Waals surface area contributed by atoms with Gasteiger partial charge in [0.05, 0.1) is 11.6 Å². The van der Waals surface area contributed by atoms with E-state index in [1.807, 2.05) is 73.1 Å². The molecule has 1 atom stereocenters. The van der Waals surface area contributed by atoms with Crippen LogP contribution in [-0.2, 0) is 6.61 Å². The Bertz CT molecular complexity index is 1320. The van der Waals surface area contributed by atoms with Crippen LogP contribution in [0, 0.1) is 0 Å². The second-order valence-corrected chi connectivity index (χ2v) is 9.41. The van der Waals surface area contributed by atoms with E-state index in [4.69, 9.17) is 4.74 Å². The number of fused-ring (bicyclic) bond motifs is 2. The second kappa shape index (κ2) is 10.6. The fraction of sp³-hybridized carbons (Fsp3) is 0.241. The number of aromatic amines is 2. The van der Waals surface area contributed by atoms with Gasteiger partial charge >= 0.3 is 0 Å². The number of rotatable bonds is 6. The van der Waals surface area contributed by atoms with Crippen LogP contribution in [0.2, 0.25) is 0 Å². The summed E-state index contributed by atoms with van der Waals surface area (Å²) in [6.45, 7) is 7.44. The standard InChI is InChI=1S/C15H13NO.C14H20N2O/c1-2-5-12(6-3-1)11-17-14-8-4-7-13-9-10-16-15(13)14;1-14(2,3)16-9-13(17)11-5-4-6-12-10(11)7-8-15-12/h1-10,16H,11H2;4-8,13,15-17H,9H2,1-3H3. The predicted octanol–water partition coefficient (Wildman–Crippen LogP) is 6.34. The zero-order valence-corrected chi connectivity index (χ0v) is 20.0. The molecule has 3 aromatic carbocycles. The Balaban J connectivity index is 0.000000161. The van der Waals surface area contributed by atoms with Gasteiger partial charge in [0, 0.05) is 40.8 Å². The molecule has 2 heterocycles. The lowest BCUT2D eigenvalue weighted by Crippen LogP contribution is -2.38. The number of nitrogens with one attached hydrogen (secondary N) is 3. The highest BCUT2D eigenvalue weighted by Gasteiger charge is 2.15. The van der Waals surface area contributed by atoms with E-state index in [1.165, 1.54) is 10.9 Å². The van der Waals surface area contributed by atoms with Crippen molar-refractivity contribution >= 4 is 21.8 Å². The first-order valence-electron chi connectivity index (χ1n) is 11.6. The molecule has 0 aliphatic rings. The fourth-order valence-electron chi connectivity index (χ4n) is 3.82. The van der Waals surface area contributed by atoms with Crippen LogP contribution in [0.1, 0.15) is 38.0 Å². The molecule has 0 bridgehead atoms. The minimum Gasteiger partial charge on any atom is -0.487 e. The molecule has 0 saturated heterocycles. The molecular formula is C29H33N3O2. The van der Waals surface area contributed by atoms with Crippen molar-refractivity contribution < 1.29 is 9.84 Å². The molecule has 1 unspecified atom stereocenters. The zero-order chi connectivity index (χ0) is 24.0.